The zero-order valence-corrected chi connectivity index (χ0v) is 17.6. The Morgan fingerprint density at radius 1 is 0.615 bits per heavy atom. The molecule has 4 N–H and O–H groups in total. The number of aliphatic hydroxyl groups is 4. The summed E-state index contributed by atoms with van der Waals surface area (Å²) in [5.41, 5.74) is -2.59. The van der Waals surface area contributed by atoms with Gasteiger partial charge in [-0.1, -0.05) is 45.0 Å². The van der Waals surface area contributed by atoms with E-state index in [9.17, 15) is 0 Å². The van der Waals surface area contributed by atoms with E-state index in [1.54, 1.807) is 41.5 Å². The van der Waals surface area contributed by atoms with Gasteiger partial charge in [0.05, 0.1) is 0 Å². The van der Waals surface area contributed by atoms with Gasteiger partial charge in [0.15, 0.2) is 0 Å². The van der Waals surface area contributed by atoms with Crippen molar-refractivity contribution in [2.45, 2.75) is 92.5 Å². The number of aliphatic hydroxyl groups excluding tert-OH is 1. The van der Waals surface area contributed by atoms with Crippen molar-refractivity contribution in [2.75, 3.05) is 6.61 Å². The van der Waals surface area contributed by atoms with Crippen LogP contribution in [-0.2, 0) is 0 Å². The summed E-state index contributed by atoms with van der Waals surface area (Å²) in [6, 6.07) is 0. The van der Waals surface area contributed by atoms with Crippen LogP contribution in [0.15, 0.2) is 0 Å². The molecule has 4 nitrogen and oxygen atoms in total. The lowest BCUT2D eigenvalue weighted by Crippen LogP contribution is -2.14. The number of hydrogen-bond acceptors (Lipinski definition) is 4. The fraction of sp³-hybridized carbons (Fsp3) is 0.714. The van der Waals surface area contributed by atoms with E-state index in [-0.39, 0.29) is 26.4 Å². The maximum Gasteiger partial charge on any atom is 0.120 e. The normalized spacial score (nSPS) is 9.23. The summed E-state index contributed by atoms with van der Waals surface area (Å²) in [5, 5.41) is 35.0. The average molecular weight is 391 g/mol. The monoisotopic (exact) mass is 390 g/mol. The summed E-state index contributed by atoms with van der Waals surface area (Å²) < 4.78 is 0. The molecule has 0 rings (SSSR count). The predicted octanol–water partition coefficient (Wildman–Crippen LogP) is 3.15. The second-order valence-corrected chi connectivity index (χ2v) is 6.45. The highest BCUT2D eigenvalue weighted by atomic mass is 35.5. The molecule has 0 aliphatic heterocycles. The van der Waals surface area contributed by atoms with Gasteiger partial charge < -0.3 is 20.4 Å². The minimum atomic E-state index is -0.970. The van der Waals surface area contributed by atoms with Crippen LogP contribution in [0.1, 0.15) is 75.7 Å². The molecule has 0 aromatic carbocycles. The van der Waals surface area contributed by atoms with Crippen LogP contribution in [-0.4, -0.2) is 43.8 Å². The minimum Gasteiger partial charge on any atom is -0.384 e. The van der Waals surface area contributed by atoms with Crippen LogP contribution in [0, 0.1) is 35.5 Å². The molecule has 0 heterocycles. The second-order valence-electron chi connectivity index (χ2n) is 6.45. The largest absolute Gasteiger partial charge is 0.384 e. The molecule has 0 bridgehead atoms. The third-order valence-electron chi connectivity index (χ3n) is 1.62. The zero-order chi connectivity index (χ0) is 19.9. The van der Waals surface area contributed by atoms with Gasteiger partial charge in [-0.05, 0) is 41.5 Å². The molecule has 0 unspecified atom stereocenters. The van der Waals surface area contributed by atoms with Gasteiger partial charge in [-0.3, -0.25) is 0 Å². The van der Waals surface area contributed by atoms with Gasteiger partial charge in [-0.25, -0.2) is 0 Å². The van der Waals surface area contributed by atoms with Gasteiger partial charge in [0, 0.05) is 12.8 Å². The predicted molar refractivity (Wildman–Crippen MR) is 114 cm³/mol. The topological polar surface area (TPSA) is 80.9 Å². The molecule has 154 valence electrons. The fourth-order valence-corrected chi connectivity index (χ4v) is 0.865. The summed E-state index contributed by atoms with van der Waals surface area (Å²) in [6.45, 7) is 13.6. The van der Waals surface area contributed by atoms with Gasteiger partial charge in [0.1, 0.15) is 23.4 Å². The first-order chi connectivity index (χ1) is 10.7. The highest BCUT2D eigenvalue weighted by Gasteiger charge is 2.05. The minimum absolute atomic E-state index is 0. The molecule has 0 fully saturated rings. The highest BCUT2D eigenvalue weighted by Crippen LogP contribution is 1.96. The van der Waals surface area contributed by atoms with E-state index in [0.29, 0.717) is 0 Å². The Kier molecular flexibility index (Phi) is 25.6. The highest BCUT2D eigenvalue weighted by molar-refractivity contribution is 5.85. The van der Waals surface area contributed by atoms with Crippen molar-refractivity contribution in [1.82, 2.24) is 0 Å². The SMILES string of the molecule is C.CC(C)(O)C#CCO.CCC#CC(C)(C)O.CCC#CC(C)(C)O.Cl. The Balaban J connectivity index is -0.0000000817. The first-order valence-corrected chi connectivity index (χ1v) is 7.96. The molecular weight excluding hydrogens is 352 g/mol. The van der Waals surface area contributed by atoms with Gasteiger partial charge in [0.2, 0.25) is 0 Å². The first-order valence-electron chi connectivity index (χ1n) is 7.96. The lowest BCUT2D eigenvalue weighted by molar-refractivity contribution is 0.142. The van der Waals surface area contributed by atoms with Crippen LogP contribution < -0.4 is 0 Å². The van der Waals surface area contributed by atoms with Gasteiger partial charge in [-0.15, -0.1) is 24.2 Å². The zero-order valence-electron chi connectivity index (χ0n) is 16.8. The molecule has 0 saturated heterocycles. The Morgan fingerprint density at radius 2 is 0.846 bits per heavy atom. The molecular formula is C21H39ClO4. The van der Waals surface area contributed by atoms with Crippen LogP contribution >= 0.6 is 12.4 Å². The maximum atomic E-state index is 8.98. The van der Waals surface area contributed by atoms with Crippen molar-refractivity contribution in [2.24, 2.45) is 0 Å². The summed E-state index contributed by atoms with van der Waals surface area (Å²) in [7, 11) is 0. The molecule has 0 aromatic rings. The quantitative estimate of drug-likeness (QED) is 0.479. The molecule has 0 saturated carbocycles. The van der Waals surface area contributed by atoms with E-state index in [4.69, 9.17) is 20.4 Å². The molecule has 0 radical (unpaired) electrons. The van der Waals surface area contributed by atoms with E-state index in [1.807, 2.05) is 13.8 Å². The van der Waals surface area contributed by atoms with E-state index in [0.717, 1.165) is 12.8 Å². The van der Waals surface area contributed by atoms with Crippen molar-refractivity contribution in [3.05, 3.63) is 0 Å². The van der Waals surface area contributed by atoms with Crippen molar-refractivity contribution in [3.8, 4) is 35.5 Å². The molecule has 0 aromatic heterocycles. The van der Waals surface area contributed by atoms with E-state index < -0.39 is 16.8 Å². The third-order valence-corrected chi connectivity index (χ3v) is 1.62. The van der Waals surface area contributed by atoms with Crippen molar-refractivity contribution in [1.29, 1.82) is 0 Å². The van der Waals surface area contributed by atoms with Crippen molar-refractivity contribution in [3.63, 3.8) is 0 Å². The van der Waals surface area contributed by atoms with Crippen molar-refractivity contribution >= 4 is 12.4 Å². The third kappa shape index (κ3) is 56.9. The summed E-state index contributed by atoms with van der Waals surface area (Å²) in [4.78, 5) is 0. The standard InChI is InChI=1S/2C7H12O.C6H10O2.CH4.ClH/c2*1-4-5-6-7(2,3)8;1-6(2,8)4-3-5-7;;/h2*8H,4H2,1-3H3;7-8H,5H2,1-2H3;1H4;1H. The smallest absolute Gasteiger partial charge is 0.120 e. The molecule has 0 amide bonds. The molecule has 0 aliphatic carbocycles. The molecule has 26 heavy (non-hydrogen) atoms. The Bertz CT molecular complexity index is 411. The number of halogens is 1. The Hall–Kier alpha value is -1.19. The number of rotatable bonds is 0. The average Bonchev–Trinajstić information content (AvgIpc) is 2.39. The van der Waals surface area contributed by atoms with Crippen LogP contribution in [0.2, 0.25) is 0 Å². The summed E-state index contributed by atoms with van der Waals surface area (Å²) in [6.07, 6.45) is 1.62. The van der Waals surface area contributed by atoms with Gasteiger partial charge >= 0.3 is 0 Å². The lowest BCUT2D eigenvalue weighted by atomic mass is 10.1. The van der Waals surface area contributed by atoms with Crippen molar-refractivity contribution < 1.29 is 20.4 Å². The van der Waals surface area contributed by atoms with Crippen LogP contribution in [0.4, 0.5) is 0 Å². The summed E-state index contributed by atoms with van der Waals surface area (Å²) >= 11 is 0. The van der Waals surface area contributed by atoms with Crippen LogP contribution in [0.3, 0.4) is 0 Å². The van der Waals surface area contributed by atoms with Gasteiger partial charge in [0.25, 0.3) is 0 Å². The molecule has 5 heteroatoms. The van der Waals surface area contributed by atoms with Crippen LogP contribution in [0.25, 0.3) is 0 Å². The van der Waals surface area contributed by atoms with Gasteiger partial charge in [-0.2, -0.15) is 0 Å². The van der Waals surface area contributed by atoms with E-state index in [1.165, 1.54) is 0 Å². The molecule has 0 atom stereocenters. The Labute approximate surface area is 167 Å². The number of hydrogen-bond donors (Lipinski definition) is 4. The van der Waals surface area contributed by atoms with Crippen LogP contribution in [0.5, 0.6) is 0 Å². The maximum absolute atomic E-state index is 8.98. The molecule has 0 spiro atoms. The Morgan fingerprint density at radius 3 is 0.923 bits per heavy atom. The first kappa shape index (κ1) is 35.8. The van der Waals surface area contributed by atoms with E-state index in [2.05, 4.69) is 35.5 Å². The summed E-state index contributed by atoms with van der Waals surface area (Å²) in [5.74, 6) is 15.7. The lowest BCUT2D eigenvalue weighted by Gasteiger charge is -2.05. The second kappa shape index (κ2) is 18.6. The molecule has 0 aliphatic rings. The fourth-order valence-electron chi connectivity index (χ4n) is 0.865. The van der Waals surface area contributed by atoms with E-state index >= 15 is 0 Å².